The smallest absolute Gasteiger partial charge is 0.344 e. The summed E-state index contributed by atoms with van der Waals surface area (Å²) in [6.45, 7) is 2.81. The first-order valence-corrected chi connectivity index (χ1v) is 7.48. The second-order valence-corrected chi connectivity index (χ2v) is 5.37. The van der Waals surface area contributed by atoms with E-state index in [2.05, 4.69) is 10.1 Å². The number of benzene rings is 1. The lowest BCUT2D eigenvalue weighted by Crippen LogP contribution is -2.26. The number of nitrogens with zero attached hydrogens (tertiary/aromatic N) is 4. The van der Waals surface area contributed by atoms with E-state index in [0.29, 0.717) is 22.4 Å². The molecule has 0 N–H and O–H groups in total. The fraction of sp³-hybridized carbons (Fsp3) is 0.235. The minimum atomic E-state index is -0.623. The van der Waals surface area contributed by atoms with Crippen molar-refractivity contribution in [2.45, 2.75) is 27.0 Å². The zero-order valence-electron chi connectivity index (χ0n) is 13.6. The lowest BCUT2D eigenvalue weighted by atomic mass is 10.2. The van der Waals surface area contributed by atoms with Crippen molar-refractivity contribution < 1.29 is 14.1 Å². The second kappa shape index (κ2) is 6.57. The number of esters is 1. The van der Waals surface area contributed by atoms with Gasteiger partial charge in [0.1, 0.15) is 24.5 Å². The number of carbonyl (C=O) groups is 1. The Bertz CT molecular complexity index is 1040. The molecule has 8 heteroatoms. The van der Waals surface area contributed by atoms with Gasteiger partial charge in [0.25, 0.3) is 5.56 Å². The summed E-state index contributed by atoms with van der Waals surface area (Å²) < 4.78 is 11.4. The SMILES string of the molecule is Cc1noc(C)c1C(=O)OCc1nc2ccccc2c(=O)n1CC#N. The third-order valence-electron chi connectivity index (χ3n) is 3.74. The minimum absolute atomic E-state index is 0.186. The lowest BCUT2D eigenvalue weighted by Gasteiger charge is -2.11. The van der Waals surface area contributed by atoms with Gasteiger partial charge in [0.2, 0.25) is 0 Å². The molecule has 0 fully saturated rings. The van der Waals surface area contributed by atoms with Gasteiger partial charge in [-0.25, -0.2) is 9.78 Å². The van der Waals surface area contributed by atoms with Crippen LogP contribution in [0.25, 0.3) is 10.9 Å². The number of carbonyl (C=O) groups excluding carboxylic acids is 1. The maximum absolute atomic E-state index is 12.5. The number of para-hydroxylation sites is 1. The Morgan fingerprint density at radius 3 is 2.80 bits per heavy atom. The zero-order chi connectivity index (χ0) is 18.0. The van der Waals surface area contributed by atoms with Crippen LogP contribution >= 0.6 is 0 Å². The highest BCUT2D eigenvalue weighted by Gasteiger charge is 2.20. The van der Waals surface area contributed by atoms with Gasteiger partial charge in [0.15, 0.2) is 5.82 Å². The van der Waals surface area contributed by atoms with Crippen molar-refractivity contribution >= 4 is 16.9 Å². The van der Waals surface area contributed by atoms with Gasteiger partial charge < -0.3 is 9.26 Å². The van der Waals surface area contributed by atoms with E-state index in [9.17, 15) is 9.59 Å². The molecular weight excluding hydrogens is 324 g/mol. The largest absolute Gasteiger partial charge is 0.454 e. The molecule has 0 atom stereocenters. The van der Waals surface area contributed by atoms with Crippen molar-refractivity contribution in [1.82, 2.24) is 14.7 Å². The normalized spacial score (nSPS) is 10.6. The molecule has 3 rings (SSSR count). The Morgan fingerprint density at radius 1 is 1.36 bits per heavy atom. The molecule has 0 radical (unpaired) electrons. The Hall–Kier alpha value is -3.47. The summed E-state index contributed by atoms with van der Waals surface area (Å²) in [5, 5.41) is 13.1. The average molecular weight is 338 g/mol. The van der Waals surface area contributed by atoms with Crippen LogP contribution in [0, 0.1) is 25.2 Å². The van der Waals surface area contributed by atoms with Crippen molar-refractivity contribution in [2.75, 3.05) is 0 Å². The van der Waals surface area contributed by atoms with Crippen LogP contribution in [0.5, 0.6) is 0 Å². The number of aromatic nitrogens is 3. The number of hydrogen-bond acceptors (Lipinski definition) is 7. The molecule has 25 heavy (non-hydrogen) atoms. The predicted octanol–water partition coefficient (Wildman–Crippen LogP) is 1.88. The van der Waals surface area contributed by atoms with Gasteiger partial charge in [-0.05, 0) is 26.0 Å². The molecular formula is C17H14N4O4. The molecule has 2 heterocycles. The van der Waals surface area contributed by atoms with Gasteiger partial charge in [-0.3, -0.25) is 9.36 Å². The Morgan fingerprint density at radius 2 is 2.12 bits per heavy atom. The third-order valence-corrected chi connectivity index (χ3v) is 3.74. The Balaban J connectivity index is 1.96. The van der Waals surface area contributed by atoms with Crippen LogP contribution < -0.4 is 5.56 Å². The first-order valence-electron chi connectivity index (χ1n) is 7.48. The highest BCUT2D eigenvalue weighted by molar-refractivity contribution is 5.91. The van der Waals surface area contributed by atoms with Crippen molar-refractivity contribution in [3.05, 3.63) is 57.5 Å². The van der Waals surface area contributed by atoms with E-state index >= 15 is 0 Å². The van der Waals surface area contributed by atoms with Crippen LogP contribution in [0.4, 0.5) is 0 Å². The number of hydrogen-bond donors (Lipinski definition) is 0. The molecule has 0 bridgehead atoms. The third kappa shape index (κ3) is 2.99. The number of ether oxygens (including phenoxy) is 1. The highest BCUT2D eigenvalue weighted by atomic mass is 16.5. The maximum Gasteiger partial charge on any atom is 0.344 e. The van der Waals surface area contributed by atoms with Gasteiger partial charge in [-0.15, -0.1) is 0 Å². The first-order chi connectivity index (χ1) is 12.0. The summed E-state index contributed by atoms with van der Waals surface area (Å²) in [5.74, 6) is -0.0732. The Kier molecular flexibility index (Phi) is 4.31. The molecule has 1 aromatic carbocycles. The van der Waals surface area contributed by atoms with Crippen LogP contribution in [0.15, 0.2) is 33.6 Å². The van der Waals surface area contributed by atoms with Gasteiger partial charge in [0.05, 0.1) is 22.7 Å². The Labute approximate surface area is 142 Å². The van der Waals surface area contributed by atoms with E-state index in [0.717, 1.165) is 0 Å². The average Bonchev–Trinajstić information content (AvgIpc) is 2.94. The van der Waals surface area contributed by atoms with Crippen LogP contribution in [0.1, 0.15) is 27.6 Å². The molecule has 0 aliphatic heterocycles. The summed E-state index contributed by atoms with van der Waals surface area (Å²) in [7, 11) is 0. The van der Waals surface area contributed by atoms with Crippen LogP contribution in [0.3, 0.4) is 0 Å². The molecule has 126 valence electrons. The summed E-state index contributed by atoms with van der Waals surface area (Å²) in [5.41, 5.74) is 0.791. The van der Waals surface area contributed by atoms with Gasteiger partial charge >= 0.3 is 5.97 Å². The van der Waals surface area contributed by atoms with Crippen LogP contribution in [0.2, 0.25) is 0 Å². The lowest BCUT2D eigenvalue weighted by molar-refractivity contribution is 0.0454. The fourth-order valence-corrected chi connectivity index (χ4v) is 2.53. The van der Waals surface area contributed by atoms with Crippen molar-refractivity contribution in [3.8, 4) is 6.07 Å². The quantitative estimate of drug-likeness (QED) is 0.668. The standard InChI is InChI=1S/C17H14N4O4/c1-10-15(11(2)25-20-10)17(23)24-9-14-19-13-6-4-3-5-12(13)16(22)21(14)8-7-18/h3-6H,8-9H2,1-2H3. The number of nitriles is 1. The molecule has 0 aliphatic rings. The van der Waals surface area contributed by atoms with E-state index in [1.807, 2.05) is 6.07 Å². The van der Waals surface area contributed by atoms with Gasteiger partial charge in [-0.2, -0.15) is 5.26 Å². The molecule has 0 saturated heterocycles. The summed E-state index contributed by atoms with van der Waals surface area (Å²) >= 11 is 0. The highest BCUT2D eigenvalue weighted by Crippen LogP contribution is 2.15. The van der Waals surface area contributed by atoms with Crippen molar-refractivity contribution in [2.24, 2.45) is 0 Å². The molecule has 8 nitrogen and oxygen atoms in total. The summed E-state index contributed by atoms with van der Waals surface area (Å²) in [4.78, 5) is 29.1. The van der Waals surface area contributed by atoms with Crippen molar-refractivity contribution in [1.29, 1.82) is 5.26 Å². The van der Waals surface area contributed by atoms with E-state index in [-0.39, 0.29) is 30.1 Å². The van der Waals surface area contributed by atoms with Gasteiger partial charge in [0, 0.05) is 0 Å². The number of rotatable bonds is 4. The maximum atomic E-state index is 12.5. The molecule has 0 amide bonds. The topological polar surface area (TPSA) is 111 Å². The predicted molar refractivity (Wildman–Crippen MR) is 86.7 cm³/mol. The van der Waals surface area contributed by atoms with Crippen LogP contribution in [-0.2, 0) is 17.9 Å². The molecule has 3 aromatic rings. The fourth-order valence-electron chi connectivity index (χ4n) is 2.53. The van der Waals surface area contributed by atoms with Gasteiger partial charge in [-0.1, -0.05) is 17.3 Å². The molecule has 0 saturated carbocycles. The molecule has 2 aromatic heterocycles. The monoisotopic (exact) mass is 338 g/mol. The van der Waals surface area contributed by atoms with E-state index < -0.39 is 5.97 Å². The van der Waals surface area contributed by atoms with Crippen LogP contribution in [-0.4, -0.2) is 20.7 Å². The summed E-state index contributed by atoms with van der Waals surface area (Å²) in [6.07, 6.45) is 0. The number of fused-ring (bicyclic) bond motifs is 1. The van der Waals surface area contributed by atoms with E-state index in [1.165, 1.54) is 4.57 Å². The molecule has 0 aliphatic carbocycles. The number of aryl methyl sites for hydroxylation is 2. The van der Waals surface area contributed by atoms with Crippen molar-refractivity contribution in [3.63, 3.8) is 0 Å². The second-order valence-electron chi connectivity index (χ2n) is 5.37. The molecule has 0 spiro atoms. The summed E-state index contributed by atoms with van der Waals surface area (Å²) in [6, 6.07) is 8.72. The zero-order valence-corrected chi connectivity index (χ0v) is 13.6. The van der Waals surface area contributed by atoms with E-state index in [1.54, 1.807) is 38.1 Å². The first kappa shape index (κ1) is 16.4. The minimum Gasteiger partial charge on any atom is -0.454 e. The molecule has 0 unspecified atom stereocenters. The van der Waals surface area contributed by atoms with E-state index in [4.69, 9.17) is 14.5 Å².